The first-order chi connectivity index (χ1) is 12.8. The van der Waals surface area contributed by atoms with Gasteiger partial charge in [-0.05, 0) is 18.6 Å². The van der Waals surface area contributed by atoms with Gasteiger partial charge in [-0.25, -0.2) is 15.0 Å². The van der Waals surface area contributed by atoms with Crippen LogP contribution in [0.5, 0.6) is 0 Å². The van der Waals surface area contributed by atoms with Crippen LogP contribution < -0.4 is 5.32 Å². The standard InChI is InChI=1S/C19H23N7/c1-2-7-21-19-22-10-14(11-23-19)12-26-9-6-15-17(25-13-24-15)18(26)16-5-3-4-8-20-16/h3-5,8,10-11,13,18H,2,6-7,9,12H2,1H3,(H,24,25)(H,21,22,23). The minimum absolute atomic E-state index is 0.0455. The first-order valence-corrected chi connectivity index (χ1v) is 9.07. The van der Waals surface area contributed by atoms with Crippen molar-refractivity contribution in [3.63, 3.8) is 0 Å². The predicted molar refractivity (Wildman–Crippen MR) is 99.6 cm³/mol. The topological polar surface area (TPSA) is 82.6 Å². The van der Waals surface area contributed by atoms with Gasteiger partial charge in [0.05, 0.1) is 23.8 Å². The second kappa shape index (κ2) is 7.61. The minimum atomic E-state index is 0.0455. The third-order valence-corrected chi connectivity index (χ3v) is 4.62. The van der Waals surface area contributed by atoms with E-state index in [1.807, 2.05) is 30.7 Å². The molecule has 3 aromatic heterocycles. The molecular weight excluding hydrogens is 326 g/mol. The summed E-state index contributed by atoms with van der Waals surface area (Å²) in [6.45, 7) is 4.71. The number of pyridine rings is 1. The van der Waals surface area contributed by atoms with E-state index in [0.29, 0.717) is 5.95 Å². The zero-order chi connectivity index (χ0) is 17.8. The van der Waals surface area contributed by atoms with Gasteiger partial charge in [-0.1, -0.05) is 13.0 Å². The van der Waals surface area contributed by atoms with Crippen LogP contribution in [0.4, 0.5) is 5.95 Å². The van der Waals surface area contributed by atoms with E-state index in [-0.39, 0.29) is 6.04 Å². The van der Waals surface area contributed by atoms with Crippen LogP contribution in [0.3, 0.4) is 0 Å². The number of H-pyrrole nitrogens is 1. The molecule has 26 heavy (non-hydrogen) atoms. The van der Waals surface area contributed by atoms with E-state index in [9.17, 15) is 0 Å². The van der Waals surface area contributed by atoms with Crippen LogP contribution >= 0.6 is 0 Å². The molecule has 0 aromatic carbocycles. The summed E-state index contributed by atoms with van der Waals surface area (Å²) in [6.07, 6.45) is 9.43. The highest BCUT2D eigenvalue weighted by Crippen LogP contribution is 2.33. The van der Waals surface area contributed by atoms with Crippen molar-refractivity contribution in [2.24, 2.45) is 0 Å². The summed E-state index contributed by atoms with van der Waals surface area (Å²) in [6, 6.07) is 6.08. The lowest BCUT2D eigenvalue weighted by atomic mass is 9.99. The molecule has 1 unspecified atom stereocenters. The fourth-order valence-corrected chi connectivity index (χ4v) is 3.36. The third kappa shape index (κ3) is 3.43. The minimum Gasteiger partial charge on any atom is -0.354 e. The molecule has 7 heteroatoms. The monoisotopic (exact) mass is 349 g/mol. The van der Waals surface area contributed by atoms with Crippen LogP contribution in [0.25, 0.3) is 0 Å². The number of nitrogens with one attached hydrogen (secondary N) is 2. The number of imidazole rings is 1. The second-order valence-electron chi connectivity index (χ2n) is 6.49. The Labute approximate surface area is 152 Å². The highest BCUT2D eigenvalue weighted by Gasteiger charge is 2.31. The maximum absolute atomic E-state index is 4.58. The van der Waals surface area contributed by atoms with Gasteiger partial charge in [-0.2, -0.15) is 0 Å². The smallest absolute Gasteiger partial charge is 0.222 e. The average molecular weight is 349 g/mol. The highest BCUT2D eigenvalue weighted by molar-refractivity contribution is 5.29. The van der Waals surface area contributed by atoms with E-state index in [4.69, 9.17) is 0 Å². The van der Waals surface area contributed by atoms with Gasteiger partial charge in [0.25, 0.3) is 0 Å². The summed E-state index contributed by atoms with van der Waals surface area (Å²) in [7, 11) is 0. The van der Waals surface area contributed by atoms with Gasteiger partial charge < -0.3 is 10.3 Å². The molecule has 4 heterocycles. The largest absolute Gasteiger partial charge is 0.354 e. The van der Waals surface area contributed by atoms with Crippen LogP contribution in [0.15, 0.2) is 43.1 Å². The van der Waals surface area contributed by atoms with Crippen molar-refractivity contribution >= 4 is 5.95 Å². The molecule has 0 bridgehead atoms. The third-order valence-electron chi connectivity index (χ3n) is 4.62. The Morgan fingerprint density at radius 1 is 1.19 bits per heavy atom. The van der Waals surface area contributed by atoms with E-state index in [1.54, 1.807) is 6.33 Å². The summed E-state index contributed by atoms with van der Waals surface area (Å²) < 4.78 is 0. The molecule has 0 fully saturated rings. The van der Waals surface area contributed by atoms with Gasteiger partial charge >= 0.3 is 0 Å². The molecule has 1 atom stereocenters. The number of hydrogen-bond donors (Lipinski definition) is 2. The molecule has 0 spiro atoms. The van der Waals surface area contributed by atoms with E-state index in [1.165, 1.54) is 5.69 Å². The Morgan fingerprint density at radius 2 is 2.08 bits per heavy atom. The van der Waals surface area contributed by atoms with Gasteiger partial charge in [0, 0.05) is 55.9 Å². The number of hydrogen-bond acceptors (Lipinski definition) is 6. The lowest BCUT2D eigenvalue weighted by molar-refractivity contribution is 0.196. The Bertz CT molecular complexity index is 829. The zero-order valence-electron chi connectivity index (χ0n) is 14.9. The lowest BCUT2D eigenvalue weighted by Crippen LogP contribution is -2.36. The second-order valence-corrected chi connectivity index (χ2v) is 6.49. The van der Waals surface area contributed by atoms with Gasteiger partial charge in [0.2, 0.25) is 5.95 Å². The number of fused-ring (bicyclic) bond motifs is 1. The summed E-state index contributed by atoms with van der Waals surface area (Å²) in [4.78, 5) is 23.7. The predicted octanol–water partition coefficient (Wildman–Crippen LogP) is 2.56. The molecule has 0 radical (unpaired) electrons. The normalized spacial score (nSPS) is 17.0. The maximum atomic E-state index is 4.58. The van der Waals surface area contributed by atoms with Gasteiger partial charge in [0.15, 0.2) is 0 Å². The van der Waals surface area contributed by atoms with Crippen LogP contribution in [0.2, 0.25) is 0 Å². The van der Waals surface area contributed by atoms with Crippen LogP contribution in [-0.2, 0) is 13.0 Å². The molecular formula is C19H23N7. The van der Waals surface area contributed by atoms with Crippen molar-refractivity contribution in [3.8, 4) is 0 Å². The van der Waals surface area contributed by atoms with Crippen LogP contribution in [0, 0.1) is 0 Å². The molecule has 0 saturated heterocycles. The maximum Gasteiger partial charge on any atom is 0.222 e. The van der Waals surface area contributed by atoms with Crippen molar-refractivity contribution in [3.05, 3.63) is 65.8 Å². The van der Waals surface area contributed by atoms with E-state index in [0.717, 1.165) is 49.4 Å². The molecule has 0 saturated carbocycles. The molecule has 4 rings (SSSR count). The average Bonchev–Trinajstić information content (AvgIpc) is 3.17. The zero-order valence-corrected chi connectivity index (χ0v) is 14.9. The Hall–Kier alpha value is -2.80. The van der Waals surface area contributed by atoms with Crippen molar-refractivity contribution in [1.82, 2.24) is 29.8 Å². The van der Waals surface area contributed by atoms with Crippen LogP contribution in [0.1, 0.15) is 42.0 Å². The van der Waals surface area contributed by atoms with E-state index < -0.39 is 0 Å². The SMILES string of the molecule is CCCNc1ncc(CN2CCc3[nH]cnc3C2c2ccccn2)cn1. The fourth-order valence-electron chi connectivity index (χ4n) is 3.36. The number of anilines is 1. The first kappa shape index (κ1) is 16.7. The van der Waals surface area contributed by atoms with Crippen molar-refractivity contribution in [2.75, 3.05) is 18.4 Å². The first-order valence-electron chi connectivity index (χ1n) is 9.07. The molecule has 2 N–H and O–H groups in total. The lowest BCUT2D eigenvalue weighted by Gasteiger charge is -2.34. The molecule has 134 valence electrons. The molecule has 3 aromatic rings. The number of aromatic nitrogens is 5. The summed E-state index contributed by atoms with van der Waals surface area (Å²) in [5.74, 6) is 0.685. The van der Waals surface area contributed by atoms with Gasteiger partial charge in [0.1, 0.15) is 0 Å². The Kier molecular flexibility index (Phi) is 4.88. The van der Waals surface area contributed by atoms with Gasteiger partial charge in [-0.3, -0.25) is 9.88 Å². The number of nitrogens with zero attached hydrogens (tertiary/aromatic N) is 5. The molecule has 1 aliphatic rings. The Balaban J connectivity index is 1.57. The molecule has 0 amide bonds. The Morgan fingerprint density at radius 3 is 2.85 bits per heavy atom. The quantitative estimate of drug-likeness (QED) is 0.712. The highest BCUT2D eigenvalue weighted by atomic mass is 15.2. The van der Waals surface area contributed by atoms with Crippen molar-refractivity contribution < 1.29 is 0 Å². The molecule has 7 nitrogen and oxygen atoms in total. The number of rotatable bonds is 6. The van der Waals surface area contributed by atoms with Crippen molar-refractivity contribution in [2.45, 2.75) is 32.4 Å². The molecule has 1 aliphatic heterocycles. The summed E-state index contributed by atoms with van der Waals surface area (Å²) in [5.41, 5.74) is 4.37. The van der Waals surface area contributed by atoms with E-state index >= 15 is 0 Å². The van der Waals surface area contributed by atoms with Gasteiger partial charge in [-0.15, -0.1) is 0 Å². The van der Waals surface area contributed by atoms with Crippen molar-refractivity contribution in [1.29, 1.82) is 0 Å². The summed E-state index contributed by atoms with van der Waals surface area (Å²) in [5, 5.41) is 3.21. The number of aromatic amines is 1. The summed E-state index contributed by atoms with van der Waals surface area (Å²) >= 11 is 0. The van der Waals surface area contributed by atoms with Crippen LogP contribution in [-0.4, -0.2) is 42.9 Å². The molecule has 0 aliphatic carbocycles. The van der Waals surface area contributed by atoms with E-state index in [2.05, 4.69) is 48.1 Å². The fraction of sp³-hybridized carbons (Fsp3) is 0.368.